The maximum absolute atomic E-state index is 13.4. The second-order valence-corrected chi connectivity index (χ2v) is 6.67. The smallest absolute Gasteiger partial charge is 0.240 e. The maximum Gasteiger partial charge on any atom is 0.240 e. The van der Waals surface area contributed by atoms with E-state index >= 15 is 0 Å². The number of amides is 2. The third-order valence-corrected chi connectivity index (χ3v) is 4.62. The second kappa shape index (κ2) is 9.10. The number of halogens is 2. The van der Waals surface area contributed by atoms with Gasteiger partial charge >= 0.3 is 0 Å². The summed E-state index contributed by atoms with van der Waals surface area (Å²) in [6.45, 7) is 0. The number of benzene rings is 3. The first-order chi connectivity index (χ1) is 14.0. The molecule has 0 fully saturated rings. The summed E-state index contributed by atoms with van der Waals surface area (Å²) in [6, 6.07) is 20.7. The summed E-state index contributed by atoms with van der Waals surface area (Å²) in [7, 11) is 0. The molecule has 29 heavy (non-hydrogen) atoms. The Hall–Kier alpha value is -3.54. The van der Waals surface area contributed by atoms with Gasteiger partial charge in [0, 0.05) is 5.92 Å². The Bertz CT molecular complexity index is 955. The van der Waals surface area contributed by atoms with E-state index in [1.165, 1.54) is 6.07 Å². The summed E-state index contributed by atoms with van der Waals surface area (Å²) in [4.78, 5) is 24.8. The molecule has 0 spiro atoms. The van der Waals surface area contributed by atoms with Gasteiger partial charge in [-0.3, -0.25) is 9.59 Å². The Morgan fingerprint density at radius 2 is 1.38 bits per heavy atom. The van der Waals surface area contributed by atoms with Crippen molar-refractivity contribution in [3.63, 3.8) is 0 Å². The SMILES string of the molecule is NC(=O)[C@H](NC(=O)Cc1ccc(F)c(F)c1)C(c1ccccc1)c1ccccc1. The molecule has 6 heteroatoms. The largest absolute Gasteiger partial charge is 0.368 e. The number of primary amides is 1. The molecular formula is C23H20F2N2O2. The van der Waals surface area contributed by atoms with Gasteiger partial charge in [-0.15, -0.1) is 0 Å². The van der Waals surface area contributed by atoms with Gasteiger partial charge in [-0.05, 0) is 28.8 Å². The maximum atomic E-state index is 13.4. The fourth-order valence-electron chi connectivity index (χ4n) is 3.28. The molecule has 1 atom stereocenters. The minimum atomic E-state index is -1.03. The van der Waals surface area contributed by atoms with E-state index in [0.29, 0.717) is 5.56 Å². The van der Waals surface area contributed by atoms with E-state index in [0.717, 1.165) is 23.3 Å². The van der Waals surface area contributed by atoms with Crippen molar-refractivity contribution in [2.24, 2.45) is 5.73 Å². The summed E-state index contributed by atoms with van der Waals surface area (Å²) < 4.78 is 26.5. The Morgan fingerprint density at radius 3 is 1.86 bits per heavy atom. The molecule has 0 aliphatic heterocycles. The van der Waals surface area contributed by atoms with Gasteiger partial charge in [0.15, 0.2) is 11.6 Å². The molecule has 0 aromatic heterocycles. The zero-order valence-electron chi connectivity index (χ0n) is 15.5. The van der Waals surface area contributed by atoms with Crippen LogP contribution in [0.25, 0.3) is 0 Å². The van der Waals surface area contributed by atoms with E-state index < -0.39 is 35.4 Å². The van der Waals surface area contributed by atoms with Crippen LogP contribution in [0.4, 0.5) is 8.78 Å². The van der Waals surface area contributed by atoms with Crippen molar-refractivity contribution in [3.8, 4) is 0 Å². The quantitative estimate of drug-likeness (QED) is 0.645. The molecule has 3 aromatic rings. The van der Waals surface area contributed by atoms with Crippen LogP contribution in [-0.2, 0) is 16.0 Å². The van der Waals surface area contributed by atoms with E-state index in [1.807, 2.05) is 60.7 Å². The summed E-state index contributed by atoms with van der Waals surface area (Å²) in [5, 5.41) is 2.67. The third-order valence-electron chi connectivity index (χ3n) is 4.62. The van der Waals surface area contributed by atoms with Crippen LogP contribution < -0.4 is 11.1 Å². The van der Waals surface area contributed by atoms with Crippen LogP contribution in [0, 0.1) is 11.6 Å². The van der Waals surface area contributed by atoms with Crippen molar-refractivity contribution in [2.75, 3.05) is 0 Å². The average molecular weight is 394 g/mol. The van der Waals surface area contributed by atoms with Crippen molar-refractivity contribution in [2.45, 2.75) is 18.4 Å². The molecule has 0 saturated carbocycles. The lowest BCUT2D eigenvalue weighted by atomic mass is 9.84. The lowest BCUT2D eigenvalue weighted by Crippen LogP contribution is -2.49. The van der Waals surface area contributed by atoms with Crippen LogP contribution in [0.2, 0.25) is 0 Å². The fraction of sp³-hybridized carbons (Fsp3) is 0.130. The molecule has 4 nitrogen and oxygen atoms in total. The highest BCUT2D eigenvalue weighted by molar-refractivity contribution is 5.88. The average Bonchev–Trinajstić information content (AvgIpc) is 2.72. The van der Waals surface area contributed by atoms with Crippen molar-refractivity contribution in [1.29, 1.82) is 0 Å². The highest BCUT2D eigenvalue weighted by Crippen LogP contribution is 2.28. The number of nitrogens with one attached hydrogen (secondary N) is 1. The number of carbonyl (C=O) groups excluding carboxylic acids is 2. The minimum absolute atomic E-state index is 0.211. The van der Waals surface area contributed by atoms with E-state index in [2.05, 4.69) is 5.32 Å². The number of hydrogen-bond acceptors (Lipinski definition) is 2. The first-order valence-corrected chi connectivity index (χ1v) is 9.08. The first kappa shape index (κ1) is 20.2. The van der Waals surface area contributed by atoms with Crippen LogP contribution in [0.1, 0.15) is 22.6 Å². The van der Waals surface area contributed by atoms with Crippen LogP contribution in [-0.4, -0.2) is 17.9 Å². The number of carbonyl (C=O) groups is 2. The number of rotatable bonds is 7. The van der Waals surface area contributed by atoms with Gasteiger partial charge in [0.25, 0.3) is 0 Å². The predicted octanol–water partition coefficient (Wildman–Crippen LogP) is 3.31. The van der Waals surface area contributed by atoms with Crippen molar-refractivity contribution >= 4 is 11.8 Å². The summed E-state index contributed by atoms with van der Waals surface area (Å²) >= 11 is 0. The predicted molar refractivity (Wildman–Crippen MR) is 106 cm³/mol. The van der Waals surface area contributed by atoms with Crippen LogP contribution in [0.15, 0.2) is 78.9 Å². The zero-order valence-corrected chi connectivity index (χ0v) is 15.5. The molecule has 0 heterocycles. The highest BCUT2D eigenvalue weighted by Gasteiger charge is 2.30. The number of hydrogen-bond donors (Lipinski definition) is 2. The third kappa shape index (κ3) is 5.04. The van der Waals surface area contributed by atoms with Crippen molar-refractivity contribution < 1.29 is 18.4 Å². The monoisotopic (exact) mass is 394 g/mol. The van der Waals surface area contributed by atoms with Gasteiger partial charge in [-0.1, -0.05) is 66.7 Å². The zero-order chi connectivity index (χ0) is 20.8. The number of nitrogens with two attached hydrogens (primary N) is 1. The summed E-state index contributed by atoms with van der Waals surface area (Å²) in [6.07, 6.45) is -0.211. The topological polar surface area (TPSA) is 72.2 Å². The molecule has 2 amide bonds. The van der Waals surface area contributed by atoms with E-state index in [1.54, 1.807) is 0 Å². The fourth-order valence-corrected chi connectivity index (χ4v) is 3.28. The second-order valence-electron chi connectivity index (χ2n) is 6.67. The minimum Gasteiger partial charge on any atom is -0.368 e. The molecule has 0 aliphatic rings. The molecule has 3 rings (SSSR count). The van der Waals surface area contributed by atoms with E-state index in [4.69, 9.17) is 5.73 Å². The molecule has 0 unspecified atom stereocenters. The Morgan fingerprint density at radius 1 is 0.828 bits per heavy atom. The molecular weight excluding hydrogens is 374 g/mol. The first-order valence-electron chi connectivity index (χ1n) is 9.08. The molecule has 0 aliphatic carbocycles. The lowest BCUT2D eigenvalue weighted by Gasteiger charge is -2.27. The Kier molecular flexibility index (Phi) is 6.34. The van der Waals surface area contributed by atoms with Crippen LogP contribution >= 0.6 is 0 Å². The molecule has 0 bridgehead atoms. The highest BCUT2D eigenvalue weighted by atomic mass is 19.2. The van der Waals surface area contributed by atoms with E-state index in [9.17, 15) is 18.4 Å². The Balaban J connectivity index is 1.88. The molecule has 3 N–H and O–H groups in total. The van der Waals surface area contributed by atoms with Gasteiger partial charge in [-0.25, -0.2) is 8.78 Å². The van der Waals surface area contributed by atoms with E-state index in [-0.39, 0.29) is 6.42 Å². The van der Waals surface area contributed by atoms with Gasteiger partial charge in [-0.2, -0.15) is 0 Å². The molecule has 148 valence electrons. The van der Waals surface area contributed by atoms with Crippen LogP contribution in [0.5, 0.6) is 0 Å². The van der Waals surface area contributed by atoms with Crippen LogP contribution in [0.3, 0.4) is 0 Å². The Labute approximate surface area is 167 Å². The van der Waals surface area contributed by atoms with Gasteiger partial charge in [0.2, 0.25) is 11.8 Å². The molecule has 0 radical (unpaired) electrons. The standard InChI is InChI=1S/C23H20F2N2O2/c24-18-12-11-15(13-19(18)25)14-20(28)27-22(23(26)29)21(16-7-3-1-4-8-16)17-9-5-2-6-10-17/h1-13,21-22H,14H2,(H2,26,29)(H,27,28)/t22-/m1/s1. The van der Waals surface area contributed by atoms with Crippen molar-refractivity contribution in [3.05, 3.63) is 107 Å². The molecule has 0 saturated heterocycles. The summed E-state index contributed by atoms with van der Waals surface area (Å²) in [5.74, 6) is -3.73. The van der Waals surface area contributed by atoms with Gasteiger partial charge in [0.05, 0.1) is 6.42 Å². The van der Waals surface area contributed by atoms with Crippen molar-refractivity contribution in [1.82, 2.24) is 5.32 Å². The normalized spacial score (nSPS) is 11.8. The molecule has 3 aromatic carbocycles. The van der Waals surface area contributed by atoms with Gasteiger partial charge in [0.1, 0.15) is 6.04 Å². The lowest BCUT2D eigenvalue weighted by molar-refractivity contribution is -0.127. The van der Waals surface area contributed by atoms with Gasteiger partial charge < -0.3 is 11.1 Å². The summed E-state index contributed by atoms with van der Waals surface area (Å²) in [5.41, 5.74) is 7.56.